The van der Waals surface area contributed by atoms with Crippen molar-refractivity contribution in [2.24, 2.45) is 5.92 Å². The lowest BCUT2D eigenvalue weighted by atomic mass is 10.1. The molecule has 0 spiro atoms. The quantitative estimate of drug-likeness (QED) is 0.339. The summed E-state index contributed by atoms with van der Waals surface area (Å²) in [5, 5.41) is 12.2. The number of halogens is 6. The zero-order valence-corrected chi connectivity index (χ0v) is 21.4. The van der Waals surface area contributed by atoms with E-state index in [0.717, 1.165) is 23.1 Å². The molecule has 1 aliphatic carbocycles. The Morgan fingerprint density at radius 3 is 2.28 bits per heavy atom. The Morgan fingerprint density at radius 1 is 1.00 bits per heavy atom. The van der Waals surface area contributed by atoms with Crippen molar-refractivity contribution in [3.8, 4) is 6.07 Å². The van der Waals surface area contributed by atoms with E-state index in [1.165, 1.54) is 31.3 Å². The summed E-state index contributed by atoms with van der Waals surface area (Å²) >= 11 is 24.8. The molecule has 36 heavy (non-hydrogen) atoms. The van der Waals surface area contributed by atoms with Crippen LogP contribution in [0.3, 0.4) is 0 Å². The summed E-state index contributed by atoms with van der Waals surface area (Å²) in [5.41, 5.74) is 0.205. The Labute approximate surface area is 225 Å². The zero-order chi connectivity index (χ0) is 26.4. The Balaban J connectivity index is 1.55. The van der Waals surface area contributed by atoms with Crippen LogP contribution in [0, 0.1) is 28.9 Å². The second kappa shape index (κ2) is 9.87. The van der Waals surface area contributed by atoms with Gasteiger partial charge in [0, 0.05) is 28.7 Å². The van der Waals surface area contributed by atoms with Crippen LogP contribution in [0.5, 0.6) is 0 Å². The molecule has 0 aromatic heterocycles. The van der Waals surface area contributed by atoms with Crippen molar-refractivity contribution in [3.63, 3.8) is 0 Å². The predicted molar refractivity (Wildman–Crippen MR) is 136 cm³/mol. The lowest BCUT2D eigenvalue weighted by molar-refractivity contribution is -0.117. The molecule has 2 amide bonds. The second-order valence-corrected chi connectivity index (χ2v) is 10.5. The van der Waals surface area contributed by atoms with Crippen LogP contribution >= 0.6 is 46.4 Å². The lowest BCUT2D eigenvalue weighted by Gasteiger charge is -2.19. The third-order valence-corrected chi connectivity index (χ3v) is 7.16. The normalized spacial score (nSPS) is 17.7. The molecule has 1 N–H and O–H groups in total. The van der Waals surface area contributed by atoms with Gasteiger partial charge in [-0.15, -0.1) is 23.2 Å². The Kier molecular flexibility index (Phi) is 7.18. The molecule has 5 nitrogen and oxygen atoms in total. The maximum atomic E-state index is 14.5. The van der Waals surface area contributed by atoms with Gasteiger partial charge in [-0.25, -0.2) is 8.78 Å². The smallest absolute Gasteiger partial charge is 0.261 e. The summed E-state index contributed by atoms with van der Waals surface area (Å²) in [6.45, 7) is 0. The molecule has 11 heteroatoms. The molecule has 0 saturated heterocycles. The van der Waals surface area contributed by atoms with E-state index < -0.39 is 45.2 Å². The van der Waals surface area contributed by atoms with Crippen LogP contribution in [0.2, 0.25) is 10.0 Å². The Hall–Kier alpha value is -2.89. The monoisotopic (exact) mass is 567 g/mol. The first-order valence-corrected chi connectivity index (χ1v) is 11.9. The highest BCUT2D eigenvalue weighted by Crippen LogP contribution is 2.65. The average Bonchev–Trinajstić information content (AvgIpc) is 3.40. The molecule has 3 aromatic rings. The molecule has 2 atom stereocenters. The largest absolute Gasteiger partial charge is 0.326 e. The molecule has 184 valence electrons. The molecule has 1 aliphatic rings. The highest BCUT2D eigenvalue weighted by Gasteiger charge is 2.67. The number of hydrogen-bond acceptors (Lipinski definition) is 3. The maximum Gasteiger partial charge on any atom is 0.261 e. The molecule has 1 fully saturated rings. The summed E-state index contributed by atoms with van der Waals surface area (Å²) in [7, 11) is 1.26. The van der Waals surface area contributed by atoms with Gasteiger partial charge in [-0.05, 0) is 60.2 Å². The summed E-state index contributed by atoms with van der Waals surface area (Å²) < 4.78 is 27.5. The Bertz CT molecular complexity index is 1420. The summed E-state index contributed by atoms with van der Waals surface area (Å²) in [5.74, 6) is -4.58. The third-order valence-electron chi connectivity index (χ3n) is 5.79. The number of amides is 2. The average molecular weight is 569 g/mol. The number of anilines is 2. The van der Waals surface area contributed by atoms with Crippen molar-refractivity contribution in [1.82, 2.24) is 0 Å². The van der Waals surface area contributed by atoms with Gasteiger partial charge in [0.1, 0.15) is 16.0 Å². The fraction of sp³-hybridized carbons (Fsp3) is 0.160. The molecule has 1 saturated carbocycles. The molecular weight excluding hydrogens is 554 g/mol. The fourth-order valence-electron chi connectivity index (χ4n) is 3.95. The van der Waals surface area contributed by atoms with E-state index in [-0.39, 0.29) is 16.9 Å². The van der Waals surface area contributed by atoms with Gasteiger partial charge in [0.15, 0.2) is 0 Å². The maximum absolute atomic E-state index is 14.5. The van der Waals surface area contributed by atoms with Crippen molar-refractivity contribution in [3.05, 3.63) is 93.0 Å². The molecule has 4 rings (SSSR count). The highest BCUT2D eigenvalue weighted by molar-refractivity contribution is 6.53. The van der Waals surface area contributed by atoms with Crippen LogP contribution in [-0.4, -0.2) is 23.2 Å². The SMILES string of the molecule is CN(C(=O)c1cc(NC(=O)[C@@H]2[C@@H](c3cc(Cl)cc(Cl)c3)C2(Cl)Cl)ccc1F)c1ccc(C#N)cc1F. The minimum Gasteiger partial charge on any atom is -0.326 e. The van der Waals surface area contributed by atoms with E-state index in [1.54, 1.807) is 18.2 Å². The molecular formula is C25H15Cl4F2N3O2. The number of hydrogen-bond donors (Lipinski definition) is 1. The van der Waals surface area contributed by atoms with Gasteiger partial charge in [-0.3, -0.25) is 9.59 Å². The Morgan fingerprint density at radius 2 is 1.67 bits per heavy atom. The summed E-state index contributed by atoms with van der Waals surface area (Å²) in [6.07, 6.45) is 0. The van der Waals surface area contributed by atoms with Gasteiger partial charge >= 0.3 is 0 Å². The fourth-order valence-corrected chi connectivity index (χ4v) is 5.32. The number of nitrogens with one attached hydrogen (secondary N) is 1. The lowest BCUT2D eigenvalue weighted by Crippen LogP contribution is -2.28. The first-order valence-electron chi connectivity index (χ1n) is 10.4. The number of rotatable bonds is 5. The van der Waals surface area contributed by atoms with E-state index in [0.29, 0.717) is 15.6 Å². The minimum absolute atomic E-state index is 0.0704. The number of carbonyl (C=O) groups is 2. The van der Waals surface area contributed by atoms with E-state index in [4.69, 9.17) is 51.7 Å². The zero-order valence-electron chi connectivity index (χ0n) is 18.3. The van der Waals surface area contributed by atoms with Gasteiger partial charge in [-0.2, -0.15) is 5.26 Å². The third kappa shape index (κ3) is 5.00. The van der Waals surface area contributed by atoms with Gasteiger partial charge in [-0.1, -0.05) is 23.2 Å². The van der Waals surface area contributed by atoms with Crippen molar-refractivity contribution in [1.29, 1.82) is 5.26 Å². The van der Waals surface area contributed by atoms with Crippen LogP contribution in [0.15, 0.2) is 54.6 Å². The molecule has 0 heterocycles. The number of nitrogens with zero attached hydrogens (tertiary/aromatic N) is 2. The van der Waals surface area contributed by atoms with Crippen LogP contribution in [0.25, 0.3) is 0 Å². The van der Waals surface area contributed by atoms with Crippen molar-refractivity contribution >= 4 is 69.6 Å². The molecule has 0 radical (unpaired) electrons. The number of benzene rings is 3. The van der Waals surface area contributed by atoms with Gasteiger partial charge in [0.25, 0.3) is 5.91 Å². The molecule has 0 unspecified atom stereocenters. The van der Waals surface area contributed by atoms with Crippen molar-refractivity contribution < 1.29 is 18.4 Å². The van der Waals surface area contributed by atoms with Crippen LogP contribution in [0.1, 0.15) is 27.4 Å². The van der Waals surface area contributed by atoms with E-state index in [9.17, 15) is 18.4 Å². The van der Waals surface area contributed by atoms with Crippen LogP contribution in [0.4, 0.5) is 20.2 Å². The van der Waals surface area contributed by atoms with Gasteiger partial charge in [0.2, 0.25) is 5.91 Å². The van der Waals surface area contributed by atoms with Crippen LogP contribution < -0.4 is 10.2 Å². The minimum atomic E-state index is -1.43. The number of carbonyl (C=O) groups excluding carboxylic acids is 2. The number of nitriles is 1. The standard InChI is InChI=1S/C25H15Cl4F2N3O2/c1-34(20-5-2-12(11-32)6-19(20)31)24(36)17-10-16(3-4-18(17)30)33-23(35)22-21(25(22,28)29)13-7-14(26)9-15(27)8-13/h2-10,21-22H,1H3,(H,33,35)/t21-,22+/m1/s1. The second-order valence-electron chi connectivity index (χ2n) is 8.16. The van der Waals surface area contributed by atoms with Crippen molar-refractivity contribution in [2.75, 3.05) is 17.3 Å². The van der Waals surface area contributed by atoms with Gasteiger partial charge < -0.3 is 10.2 Å². The molecule has 0 aliphatic heterocycles. The summed E-state index contributed by atoms with van der Waals surface area (Å²) in [4.78, 5) is 26.8. The van der Waals surface area contributed by atoms with E-state index >= 15 is 0 Å². The topological polar surface area (TPSA) is 73.2 Å². The predicted octanol–water partition coefficient (Wildman–Crippen LogP) is 6.95. The van der Waals surface area contributed by atoms with E-state index in [2.05, 4.69) is 5.32 Å². The summed E-state index contributed by atoms with van der Waals surface area (Å²) in [6, 6.07) is 13.5. The van der Waals surface area contributed by atoms with Crippen molar-refractivity contribution in [2.45, 2.75) is 10.3 Å². The number of alkyl halides is 2. The first-order chi connectivity index (χ1) is 16.9. The van der Waals surface area contributed by atoms with Gasteiger partial charge in [0.05, 0.1) is 28.8 Å². The molecule has 0 bridgehead atoms. The van der Waals surface area contributed by atoms with Crippen LogP contribution in [-0.2, 0) is 4.79 Å². The first kappa shape index (κ1) is 26.2. The highest BCUT2D eigenvalue weighted by atomic mass is 35.5. The van der Waals surface area contributed by atoms with E-state index in [1.807, 2.05) is 0 Å². The molecule has 3 aromatic carbocycles.